The first-order valence-electron chi connectivity index (χ1n) is 5.35. The number of carbonyl (C=O) groups is 1. The quantitative estimate of drug-likeness (QED) is 0.744. The minimum atomic E-state index is -0.384. The summed E-state index contributed by atoms with van der Waals surface area (Å²) >= 11 is 0. The molecule has 1 aliphatic rings. The monoisotopic (exact) mass is 231 g/mol. The van der Waals surface area contributed by atoms with E-state index in [1.807, 2.05) is 6.07 Å². The molecule has 0 aliphatic carbocycles. The summed E-state index contributed by atoms with van der Waals surface area (Å²) in [6.45, 7) is 0.680. The van der Waals surface area contributed by atoms with E-state index in [0.717, 1.165) is 6.42 Å². The summed E-state index contributed by atoms with van der Waals surface area (Å²) < 4.78 is 0. The molecule has 1 aromatic rings. The van der Waals surface area contributed by atoms with E-state index in [1.165, 1.54) is 6.20 Å². The molecule has 1 fully saturated rings. The van der Waals surface area contributed by atoms with Crippen molar-refractivity contribution < 1.29 is 4.79 Å². The summed E-state index contributed by atoms with van der Waals surface area (Å²) in [5.41, 5.74) is 11.7. The van der Waals surface area contributed by atoms with Crippen LogP contribution in [0.4, 0.5) is 11.5 Å². The van der Waals surface area contributed by atoms with Crippen molar-refractivity contribution in [1.29, 1.82) is 5.26 Å². The fraction of sp³-hybridized carbons (Fsp3) is 0.364. The number of rotatable bonds is 2. The number of anilines is 2. The number of aromatic nitrogens is 1. The van der Waals surface area contributed by atoms with Gasteiger partial charge in [-0.2, -0.15) is 5.26 Å². The van der Waals surface area contributed by atoms with E-state index in [4.69, 9.17) is 16.7 Å². The Morgan fingerprint density at radius 2 is 2.41 bits per heavy atom. The van der Waals surface area contributed by atoms with Crippen LogP contribution in [0.15, 0.2) is 12.3 Å². The Morgan fingerprint density at radius 3 is 3.06 bits per heavy atom. The maximum absolute atomic E-state index is 11.3. The van der Waals surface area contributed by atoms with Crippen molar-refractivity contribution in [3.05, 3.63) is 17.8 Å². The Morgan fingerprint density at radius 1 is 1.65 bits per heavy atom. The second-order valence-corrected chi connectivity index (χ2v) is 4.01. The number of nitrogens with two attached hydrogens (primary N) is 2. The van der Waals surface area contributed by atoms with Crippen molar-refractivity contribution in [2.24, 2.45) is 5.73 Å². The lowest BCUT2D eigenvalue weighted by atomic mass is 10.2. The first-order valence-corrected chi connectivity index (χ1v) is 5.35. The molecule has 1 aromatic heterocycles. The highest BCUT2D eigenvalue weighted by Gasteiger charge is 2.31. The number of carbonyl (C=O) groups excluding carboxylic acids is 1. The second kappa shape index (κ2) is 4.29. The Kier molecular flexibility index (Phi) is 2.83. The van der Waals surface area contributed by atoms with Gasteiger partial charge in [-0.1, -0.05) is 0 Å². The van der Waals surface area contributed by atoms with Crippen molar-refractivity contribution >= 4 is 17.4 Å². The van der Waals surface area contributed by atoms with E-state index in [0.29, 0.717) is 30.0 Å². The van der Waals surface area contributed by atoms with Crippen LogP contribution in [0.1, 0.15) is 18.4 Å². The van der Waals surface area contributed by atoms with E-state index in [1.54, 1.807) is 11.0 Å². The van der Waals surface area contributed by atoms with Crippen molar-refractivity contribution in [2.45, 2.75) is 18.9 Å². The van der Waals surface area contributed by atoms with Gasteiger partial charge < -0.3 is 16.4 Å². The lowest BCUT2D eigenvalue weighted by molar-refractivity contribution is -0.119. The average Bonchev–Trinajstić information content (AvgIpc) is 2.77. The molecule has 1 saturated heterocycles. The van der Waals surface area contributed by atoms with Crippen LogP contribution in [0, 0.1) is 11.3 Å². The topological polar surface area (TPSA) is 109 Å². The third kappa shape index (κ3) is 1.99. The molecule has 1 atom stereocenters. The normalized spacial score (nSPS) is 19.0. The fourth-order valence-electron chi connectivity index (χ4n) is 2.10. The summed E-state index contributed by atoms with van der Waals surface area (Å²) in [7, 11) is 0. The minimum Gasteiger partial charge on any atom is -0.397 e. The minimum absolute atomic E-state index is 0.373. The maximum Gasteiger partial charge on any atom is 0.240 e. The van der Waals surface area contributed by atoms with Crippen molar-refractivity contribution in [3.8, 4) is 6.07 Å². The summed E-state index contributed by atoms with van der Waals surface area (Å²) in [6.07, 6.45) is 3.04. The number of nitrogen functional groups attached to an aromatic ring is 1. The van der Waals surface area contributed by atoms with Crippen LogP contribution < -0.4 is 16.4 Å². The summed E-state index contributed by atoms with van der Waals surface area (Å²) in [4.78, 5) is 17.2. The van der Waals surface area contributed by atoms with Crippen molar-refractivity contribution in [2.75, 3.05) is 17.2 Å². The molecule has 0 saturated carbocycles. The standard InChI is InChI=1S/C11H13N5O/c12-5-7-4-8(13)6-15-11(7)16-3-1-2-9(16)10(14)17/h4,6,9H,1-3,13H2,(H2,14,17). The Bertz CT molecular complexity index is 493. The summed E-state index contributed by atoms with van der Waals surface area (Å²) in [5.74, 6) is 0.105. The molecular weight excluding hydrogens is 218 g/mol. The van der Waals surface area contributed by atoms with E-state index in [2.05, 4.69) is 4.98 Å². The molecule has 17 heavy (non-hydrogen) atoms. The molecule has 0 radical (unpaired) electrons. The molecule has 0 aromatic carbocycles. The zero-order chi connectivity index (χ0) is 12.4. The first-order chi connectivity index (χ1) is 8.13. The van der Waals surface area contributed by atoms with Gasteiger partial charge in [-0.25, -0.2) is 4.98 Å². The Labute approximate surface area is 98.8 Å². The van der Waals surface area contributed by atoms with Crippen LogP contribution in [-0.4, -0.2) is 23.5 Å². The first kappa shape index (κ1) is 11.2. The van der Waals surface area contributed by atoms with Crippen LogP contribution >= 0.6 is 0 Å². The zero-order valence-corrected chi connectivity index (χ0v) is 9.26. The summed E-state index contributed by atoms with van der Waals surface area (Å²) in [5, 5.41) is 9.04. The third-order valence-corrected chi connectivity index (χ3v) is 2.86. The van der Waals surface area contributed by atoms with Gasteiger partial charge in [0, 0.05) is 6.54 Å². The molecule has 1 amide bonds. The zero-order valence-electron chi connectivity index (χ0n) is 9.26. The average molecular weight is 231 g/mol. The van der Waals surface area contributed by atoms with Gasteiger partial charge in [0.05, 0.1) is 17.4 Å². The lowest BCUT2D eigenvalue weighted by Gasteiger charge is -2.24. The van der Waals surface area contributed by atoms with E-state index in [-0.39, 0.29) is 11.9 Å². The number of nitriles is 1. The number of hydrogen-bond acceptors (Lipinski definition) is 5. The SMILES string of the molecule is N#Cc1cc(N)cnc1N1CCCC1C(N)=O. The van der Waals surface area contributed by atoms with Crippen LogP contribution in [0.3, 0.4) is 0 Å². The molecule has 2 heterocycles. The number of nitrogens with zero attached hydrogens (tertiary/aromatic N) is 3. The molecule has 2 rings (SSSR count). The van der Waals surface area contributed by atoms with Gasteiger partial charge in [0.2, 0.25) is 5.91 Å². The number of amides is 1. The van der Waals surface area contributed by atoms with Crippen LogP contribution in [0.2, 0.25) is 0 Å². The van der Waals surface area contributed by atoms with Gasteiger partial charge in [-0.3, -0.25) is 4.79 Å². The third-order valence-electron chi connectivity index (χ3n) is 2.86. The Hall–Kier alpha value is -2.29. The predicted octanol–water partition coefficient (Wildman–Crippen LogP) is -0.0104. The fourth-order valence-corrected chi connectivity index (χ4v) is 2.10. The van der Waals surface area contributed by atoms with E-state index in [9.17, 15) is 4.79 Å². The predicted molar refractivity (Wildman–Crippen MR) is 62.9 cm³/mol. The van der Waals surface area contributed by atoms with Crippen molar-refractivity contribution in [1.82, 2.24) is 4.98 Å². The molecular formula is C11H13N5O. The van der Waals surface area contributed by atoms with Gasteiger partial charge in [-0.15, -0.1) is 0 Å². The molecule has 6 heteroatoms. The molecule has 1 unspecified atom stereocenters. The van der Waals surface area contributed by atoms with Gasteiger partial charge in [0.25, 0.3) is 0 Å². The molecule has 6 nitrogen and oxygen atoms in total. The molecule has 1 aliphatic heterocycles. The number of hydrogen-bond donors (Lipinski definition) is 2. The van der Waals surface area contributed by atoms with Gasteiger partial charge >= 0.3 is 0 Å². The van der Waals surface area contributed by atoms with Gasteiger partial charge in [0.1, 0.15) is 17.9 Å². The maximum atomic E-state index is 11.3. The smallest absolute Gasteiger partial charge is 0.240 e. The van der Waals surface area contributed by atoms with E-state index >= 15 is 0 Å². The van der Waals surface area contributed by atoms with Crippen LogP contribution in [0.5, 0.6) is 0 Å². The summed E-state index contributed by atoms with van der Waals surface area (Å²) in [6, 6.07) is 3.21. The molecule has 0 spiro atoms. The largest absolute Gasteiger partial charge is 0.397 e. The van der Waals surface area contributed by atoms with Crippen molar-refractivity contribution in [3.63, 3.8) is 0 Å². The molecule has 4 N–H and O–H groups in total. The van der Waals surface area contributed by atoms with Crippen LogP contribution in [-0.2, 0) is 4.79 Å². The molecule has 0 bridgehead atoms. The highest BCUT2D eigenvalue weighted by atomic mass is 16.1. The number of pyridine rings is 1. The number of primary amides is 1. The van der Waals surface area contributed by atoms with E-state index < -0.39 is 0 Å². The Balaban J connectivity index is 2.40. The molecule has 88 valence electrons. The lowest BCUT2D eigenvalue weighted by Crippen LogP contribution is -2.41. The highest BCUT2D eigenvalue weighted by molar-refractivity contribution is 5.84. The highest BCUT2D eigenvalue weighted by Crippen LogP contribution is 2.27. The van der Waals surface area contributed by atoms with Gasteiger partial charge in [-0.05, 0) is 18.9 Å². The van der Waals surface area contributed by atoms with Gasteiger partial charge in [0.15, 0.2) is 0 Å². The second-order valence-electron chi connectivity index (χ2n) is 4.01. The van der Waals surface area contributed by atoms with Crippen LogP contribution in [0.25, 0.3) is 0 Å².